The maximum atomic E-state index is 11.8. The summed E-state index contributed by atoms with van der Waals surface area (Å²) >= 11 is 0. The zero-order valence-corrected chi connectivity index (χ0v) is 12.6. The van der Waals surface area contributed by atoms with Crippen LogP contribution in [0, 0.1) is 0 Å². The topological polar surface area (TPSA) is 41.6 Å². The van der Waals surface area contributed by atoms with Gasteiger partial charge in [0.1, 0.15) is 5.75 Å². The van der Waals surface area contributed by atoms with E-state index >= 15 is 0 Å². The molecular formula is C16H24N2O2. The predicted molar refractivity (Wildman–Crippen MR) is 80.0 cm³/mol. The quantitative estimate of drug-likeness (QED) is 0.896. The lowest BCUT2D eigenvalue weighted by Gasteiger charge is -2.27. The third-order valence-electron chi connectivity index (χ3n) is 4.06. The Morgan fingerprint density at radius 1 is 1.50 bits per heavy atom. The molecule has 0 aromatic heterocycles. The van der Waals surface area contributed by atoms with Crippen LogP contribution in [0.25, 0.3) is 0 Å². The molecule has 1 aliphatic carbocycles. The standard InChI is InChI=1S/C16H24N2O2/c1-4-18(3)16(19)11-20-15-10-6-7-12-13(15)8-5-9-14(12)17-2/h6-7,10,14,17H,4-5,8-9,11H2,1-3H3. The van der Waals surface area contributed by atoms with Gasteiger partial charge in [-0.3, -0.25) is 4.79 Å². The smallest absolute Gasteiger partial charge is 0.260 e. The SMILES string of the molecule is CCN(C)C(=O)COc1cccc2c1CCCC2NC. The molecule has 1 aromatic rings. The lowest BCUT2D eigenvalue weighted by Crippen LogP contribution is -2.31. The molecule has 0 bridgehead atoms. The van der Waals surface area contributed by atoms with Crippen molar-refractivity contribution in [2.75, 3.05) is 27.2 Å². The average molecular weight is 276 g/mol. The minimum atomic E-state index is 0.0195. The van der Waals surface area contributed by atoms with Gasteiger partial charge in [-0.05, 0) is 50.4 Å². The Morgan fingerprint density at radius 2 is 2.30 bits per heavy atom. The van der Waals surface area contributed by atoms with Crippen molar-refractivity contribution in [2.24, 2.45) is 0 Å². The monoisotopic (exact) mass is 276 g/mol. The van der Waals surface area contributed by atoms with E-state index in [9.17, 15) is 4.79 Å². The number of nitrogens with one attached hydrogen (secondary N) is 1. The summed E-state index contributed by atoms with van der Waals surface area (Å²) in [5, 5.41) is 3.35. The molecule has 1 aliphatic rings. The predicted octanol–water partition coefficient (Wildman–Crippen LogP) is 2.14. The summed E-state index contributed by atoms with van der Waals surface area (Å²) in [5.74, 6) is 0.881. The van der Waals surface area contributed by atoms with Gasteiger partial charge in [-0.15, -0.1) is 0 Å². The van der Waals surface area contributed by atoms with E-state index in [-0.39, 0.29) is 12.5 Å². The first kappa shape index (κ1) is 14.9. The Kier molecular flexibility index (Phi) is 5.01. The Morgan fingerprint density at radius 3 is 3.00 bits per heavy atom. The van der Waals surface area contributed by atoms with Crippen LogP contribution in [-0.4, -0.2) is 38.1 Å². The van der Waals surface area contributed by atoms with Crippen molar-refractivity contribution >= 4 is 5.91 Å². The molecule has 1 unspecified atom stereocenters. The Balaban J connectivity index is 2.11. The molecule has 1 aromatic carbocycles. The van der Waals surface area contributed by atoms with Crippen molar-refractivity contribution in [3.63, 3.8) is 0 Å². The lowest BCUT2D eigenvalue weighted by atomic mass is 9.87. The van der Waals surface area contributed by atoms with Crippen LogP contribution in [0.3, 0.4) is 0 Å². The van der Waals surface area contributed by atoms with Gasteiger partial charge >= 0.3 is 0 Å². The molecule has 0 fully saturated rings. The van der Waals surface area contributed by atoms with Crippen molar-refractivity contribution in [2.45, 2.75) is 32.2 Å². The van der Waals surface area contributed by atoms with Gasteiger partial charge in [-0.25, -0.2) is 0 Å². The molecule has 4 nitrogen and oxygen atoms in total. The van der Waals surface area contributed by atoms with Gasteiger partial charge in [-0.1, -0.05) is 12.1 Å². The zero-order valence-electron chi connectivity index (χ0n) is 12.6. The van der Waals surface area contributed by atoms with Crippen LogP contribution in [-0.2, 0) is 11.2 Å². The van der Waals surface area contributed by atoms with Crippen LogP contribution >= 0.6 is 0 Å². The van der Waals surface area contributed by atoms with E-state index in [4.69, 9.17) is 4.74 Å². The highest BCUT2D eigenvalue weighted by Gasteiger charge is 2.21. The second-order valence-electron chi connectivity index (χ2n) is 5.25. The molecule has 0 aliphatic heterocycles. The molecule has 0 saturated heterocycles. The van der Waals surface area contributed by atoms with Crippen LogP contribution < -0.4 is 10.1 Å². The molecule has 1 N–H and O–H groups in total. The Labute approximate surface area is 121 Å². The second-order valence-corrected chi connectivity index (χ2v) is 5.25. The summed E-state index contributed by atoms with van der Waals surface area (Å²) in [6.45, 7) is 2.78. The van der Waals surface area contributed by atoms with Crippen LogP contribution in [0.15, 0.2) is 18.2 Å². The van der Waals surface area contributed by atoms with Crippen LogP contribution in [0.4, 0.5) is 0 Å². The van der Waals surface area contributed by atoms with Gasteiger partial charge in [0.15, 0.2) is 6.61 Å². The number of carbonyl (C=O) groups excluding carboxylic acids is 1. The van der Waals surface area contributed by atoms with Gasteiger partial charge in [0.2, 0.25) is 0 Å². The number of ether oxygens (including phenoxy) is 1. The van der Waals surface area contributed by atoms with Crippen molar-refractivity contribution < 1.29 is 9.53 Å². The molecule has 1 atom stereocenters. The number of nitrogens with zero attached hydrogens (tertiary/aromatic N) is 1. The van der Waals surface area contributed by atoms with Crippen LogP contribution in [0.2, 0.25) is 0 Å². The molecular weight excluding hydrogens is 252 g/mol. The number of likely N-dealkylation sites (N-methyl/N-ethyl adjacent to an activating group) is 1. The Bertz CT molecular complexity index is 474. The molecule has 0 radical (unpaired) electrons. The summed E-state index contributed by atoms with van der Waals surface area (Å²) < 4.78 is 5.76. The van der Waals surface area contributed by atoms with E-state index < -0.39 is 0 Å². The van der Waals surface area contributed by atoms with Gasteiger partial charge < -0.3 is 15.0 Å². The van der Waals surface area contributed by atoms with Gasteiger partial charge in [0.05, 0.1) is 0 Å². The maximum Gasteiger partial charge on any atom is 0.260 e. The van der Waals surface area contributed by atoms with Crippen LogP contribution in [0.1, 0.15) is 36.9 Å². The largest absolute Gasteiger partial charge is 0.483 e. The molecule has 110 valence electrons. The highest BCUT2D eigenvalue weighted by atomic mass is 16.5. The van der Waals surface area contributed by atoms with Crippen molar-refractivity contribution in [3.8, 4) is 5.75 Å². The molecule has 0 spiro atoms. The number of rotatable bonds is 5. The number of benzene rings is 1. The van der Waals surface area contributed by atoms with Gasteiger partial charge in [0.25, 0.3) is 5.91 Å². The fourth-order valence-electron chi connectivity index (χ4n) is 2.68. The molecule has 4 heteroatoms. The minimum absolute atomic E-state index is 0.0195. The summed E-state index contributed by atoms with van der Waals surface area (Å²) in [7, 11) is 3.79. The van der Waals surface area contributed by atoms with Crippen molar-refractivity contribution in [1.29, 1.82) is 0 Å². The van der Waals surface area contributed by atoms with E-state index in [0.29, 0.717) is 12.6 Å². The van der Waals surface area contributed by atoms with Crippen molar-refractivity contribution in [3.05, 3.63) is 29.3 Å². The van der Waals surface area contributed by atoms with E-state index in [2.05, 4.69) is 11.4 Å². The number of hydrogen-bond acceptors (Lipinski definition) is 3. The van der Waals surface area contributed by atoms with E-state index in [1.165, 1.54) is 11.1 Å². The number of amides is 1. The van der Waals surface area contributed by atoms with E-state index in [1.54, 1.807) is 11.9 Å². The lowest BCUT2D eigenvalue weighted by molar-refractivity contribution is -0.131. The zero-order chi connectivity index (χ0) is 14.5. The fourth-order valence-corrected chi connectivity index (χ4v) is 2.68. The highest BCUT2D eigenvalue weighted by molar-refractivity contribution is 5.77. The molecule has 2 rings (SSSR count). The Hall–Kier alpha value is -1.55. The summed E-state index contributed by atoms with van der Waals surface area (Å²) in [6.07, 6.45) is 3.34. The summed E-state index contributed by atoms with van der Waals surface area (Å²) in [5.41, 5.74) is 2.57. The average Bonchev–Trinajstić information content (AvgIpc) is 2.50. The third-order valence-corrected chi connectivity index (χ3v) is 4.06. The van der Waals surface area contributed by atoms with Crippen molar-refractivity contribution in [1.82, 2.24) is 10.2 Å². The molecule has 1 amide bonds. The third kappa shape index (κ3) is 3.12. The van der Waals surface area contributed by atoms with E-state index in [0.717, 1.165) is 25.0 Å². The fraction of sp³-hybridized carbons (Fsp3) is 0.562. The first-order valence-electron chi connectivity index (χ1n) is 7.33. The van der Waals surface area contributed by atoms with E-state index in [1.807, 2.05) is 26.1 Å². The first-order chi connectivity index (χ1) is 9.67. The van der Waals surface area contributed by atoms with Crippen LogP contribution in [0.5, 0.6) is 5.75 Å². The molecule has 20 heavy (non-hydrogen) atoms. The maximum absolute atomic E-state index is 11.8. The first-order valence-corrected chi connectivity index (χ1v) is 7.33. The number of carbonyl (C=O) groups is 1. The molecule has 0 saturated carbocycles. The summed E-state index contributed by atoms with van der Waals surface area (Å²) in [6, 6.07) is 6.53. The highest BCUT2D eigenvalue weighted by Crippen LogP contribution is 2.35. The second kappa shape index (κ2) is 6.75. The number of fused-ring (bicyclic) bond motifs is 1. The molecule has 0 heterocycles. The van der Waals surface area contributed by atoms with Gasteiger partial charge in [-0.2, -0.15) is 0 Å². The normalized spacial score (nSPS) is 17.4. The van der Waals surface area contributed by atoms with Gasteiger partial charge in [0, 0.05) is 19.6 Å². The number of hydrogen-bond donors (Lipinski definition) is 1. The summed E-state index contributed by atoms with van der Waals surface area (Å²) in [4.78, 5) is 13.5. The minimum Gasteiger partial charge on any atom is -0.483 e.